The molecule has 0 fully saturated rings. The summed E-state index contributed by atoms with van der Waals surface area (Å²) in [6.07, 6.45) is 2.49. The maximum atomic E-state index is 13.9. The van der Waals surface area contributed by atoms with Gasteiger partial charge in [0.05, 0.1) is 27.7 Å². The molecule has 0 saturated carbocycles. The van der Waals surface area contributed by atoms with Crippen molar-refractivity contribution in [2.45, 2.75) is 18.4 Å². The Morgan fingerprint density at radius 3 is 1.24 bits per heavy atom. The Kier molecular flexibility index (Phi) is 12.1. The van der Waals surface area contributed by atoms with E-state index >= 15 is 0 Å². The number of esters is 4. The monoisotopic (exact) mass is 816 g/mol. The van der Waals surface area contributed by atoms with Crippen LogP contribution in [0.4, 0.5) is 0 Å². The lowest BCUT2D eigenvalue weighted by Crippen LogP contribution is -2.41. The molecule has 0 amide bonds. The predicted octanol–water partition coefficient (Wildman–Crippen LogP) is 11.0. The zero-order chi connectivity index (χ0) is 42.9. The van der Waals surface area contributed by atoms with Crippen molar-refractivity contribution in [3.05, 3.63) is 263 Å². The molecule has 0 bridgehead atoms. The lowest BCUT2D eigenvalue weighted by atomic mass is 9.60. The molecule has 7 aromatic carbocycles. The van der Waals surface area contributed by atoms with E-state index in [4.69, 9.17) is 18.9 Å². The van der Waals surface area contributed by atoms with E-state index in [-0.39, 0.29) is 17.3 Å². The van der Waals surface area contributed by atoms with Crippen LogP contribution in [0.25, 0.3) is 0 Å². The van der Waals surface area contributed by atoms with Crippen LogP contribution in [-0.4, -0.2) is 30.0 Å². The highest BCUT2D eigenvalue weighted by molar-refractivity contribution is 5.94. The highest BCUT2D eigenvalue weighted by atomic mass is 16.6. The Bertz CT molecular complexity index is 2710. The maximum absolute atomic E-state index is 13.9. The first-order chi connectivity index (χ1) is 30.3. The third-order valence-electron chi connectivity index (χ3n) is 10.8. The van der Waals surface area contributed by atoms with Gasteiger partial charge in [0.25, 0.3) is 0 Å². The van der Waals surface area contributed by atoms with Crippen LogP contribution in [0.2, 0.25) is 0 Å². The maximum Gasteiger partial charge on any atom is 0.343 e. The van der Waals surface area contributed by atoms with E-state index in [9.17, 15) is 19.2 Å². The van der Waals surface area contributed by atoms with Gasteiger partial charge in [-0.15, -0.1) is 0 Å². The summed E-state index contributed by atoms with van der Waals surface area (Å²) in [7, 11) is 0. The van der Waals surface area contributed by atoms with Crippen molar-refractivity contribution >= 4 is 23.9 Å². The standard InChI is InChI=1S/C54H40O8/c1-37-45(33-35-47(60-51(56)39-22-10-3-11-23-39)49(37)62-53(58)41-26-14-5-15-27-41)54(42-28-16-6-17-29-42,43-30-18-7-19-31-43)44-32-34-46(59-50(55)38-20-8-2-9-21-38)48(36-44)61-52(57)40-24-12-4-13-25-40/h2-37,49H,1H3. The van der Waals surface area contributed by atoms with Crippen molar-refractivity contribution in [2.24, 2.45) is 5.92 Å². The molecule has 8 nitrogen and oxygen atoms in total. The molecule has 0 aliphatic heterocycles. The topological polar surface area (TPSA) is 105 Å². The van der Waals surface area contributed by atoms with Gasteiger partial charge in [0.15, 0.2) is 17.6 Å². The zero-order valence-corrected chi connectivity index (χ0v) is 33.6. The molecular weight excluding hydrogens is 777 g/mol. The number of hydrogen-bond donors (Lipinski definition) is 0. The van der Waals surface area contributed by atoms with Crippen LogP contribution < -0.4 is 9.47 Å². The lowest BCUT2D eigenvalue weighted by molar-refractivity contribution is 0.00926. The van der Waals surface area contributed by atoms with Gasteiger partial charge in [0, 0.05) is 5.92 Å². The fraction of sp³-hybridized carbons (Fsp3) is 0.0741. The molecule has 7 aromatic rings. The molecule has 304 valence electrons. The zero-order valence-electron chi connectivity index (χ0n) is 33.6. The van der Waals surface area contributed by atoms with Crippen molar-refractivity contribution in [2.75, 3.05) is 0 Å². The first kappa shape index (κ1) is 40.7. The summed E-state index contributed by atoms with van der Waals surface area (Å²) in [4.78, 5) is 54.8. The highest BCUT2D eigenvalue weighted by Gasteiger charge is 2.47. The van der Waals surface area contributed by atoms with E-state index in [1.165, 1.54) is 0 Å². The Morgan fingerprint density at radius 1 is 0.403 bits per heavy atom. The summed E-state index contributed by atoms with van der Waals surface area (Å²) in [5.74, 6) is -2.97. The summed E-state index contributed by atoms with van der Waals surface area (Å²) < 4.78 is 24.5. The smallest absolute Gasteiger partial charge is 0.343 e. The van der Waals surface area contributed by atoms with E-state index in [1.807, 2.05) is 79.7 Å². The Hall–Kier alpha value is -8.10. The van der Waals surface area contributed by atoms with Gasteiger partial charge >= 0.3 is 23.9 Å². The van der Waals surface area contributed by atoms with Crippen LogP contribution in [0.15, 0.2) is 224 Å². The van der Waals surface area contributed by atoms with Gasteiger partial charge in [-0.1, -0.05) is 153 Å². The van der Waals surface area contributed by atoms with Gasteiger partial charge in [-0.2, -0.15) is 0 Å². The van der Waals surface area contributed by atoms with Gasteiger partial charge in [-0.3, -0.25) is 0 Å². The summed E-state index contributed by atoms with van der Waals surface area (Å²) in [5.41, 5.74) is 3.13. The fourth-order valence-electron chi connectivity index (χ4n) is 7.79. The van der Waals surface area contributed by atoms with Crippen molar-refractivity contribution in [1.82, 2.24) is 0 Å². The third kappa shape index (κ3) is 8.48. The molecule has 62 heavy (non-hydrogen) atoms. The molecule has 1 aliphatic carbocycles. The second-order valence-electron chi connectivity index (χ2n) is 14.6. The number of rotatable bonds is 12. The highest BCUT2D eigenvalue weighted by Crippen LogP contribution is 2.52. The van der Waals surface area contributed by atoms with Crippen molar-refractivity contribution < 1.29 is 38.1 Å². The quantitative estimate of drug-likeness (QED) is 0.0682. The van der Waals surface area contributed by atoms with E-state index < -0.39 is 41.3 Å². The molecule has 1 aliphatic rings. The SMILES string of the molecule is CC1C(C(c2ccccc2)(c2ccccc2)c2ccc(OC(=O)c3ccccc3)c(OC(=O)c3ccccc3)c2)=CC=C(OC(=O)c2ccccc2)C1OC(=O)c1ccccc1. The number of carbonyl (C=O) groups excluding carboxylic acids is 4. The average molecular weight is 817 g/mol. The summed E-state index contributed by atoms with van der Waals surface area (Å²) >= 11 is 0. The van der Waals surface area contributed by atoms with Gasteiger partial charge < -0.3 is 18.9 Å². The molecular formula is C54H40O8. The molecule has 0 aromatic heterocycles. The van der Waals surface area contributed by atoms with Crippen LogP contribution >= 0.6 is 0 Å². The van der Waals surface area contributed by atoms with Gasteiger partial charge in [-0.05, 0) is 89.0 Å². The number of hydrogen-bond acceptors (Lipinski definition) is 8. The van der Waals surface area contributed by atoms with Gasteiger partial charge in [0.1, 0.15) is 5.76 Å². The minimum absolute atomic E-state index is 0.000937. The molecule has 0 spiro atoms. The molecule has 2 unspecified atom stereocenters. The number of ether oxygens (including phenoxy) is 4. The average Bonchev–Trinajstić information content (AvgIpc) is 3.33. The summed E-state index contributed by atoms with van der Waals surface area (Å²) in [5, 5.41) is 0. The molecule has 0 saturated heterocycles. The number of benzene rings is 7. The molecule has 8 rings (SSSR count). The normalized spacial score (nSPS) is 14.7. The van der Waals surface area contributed by atoms with E-state index in [0.29, 0.717) is 27.8 Å². The first-order valence-electron chi connectivity index (χ1n) is 20.1. The van der Waals surface area contributed by atoms with Gasteiger partial charge in [-0.25, -0.2) is 19.2 Å². The Balaban J connectivity index is 1.33. The Morgan fingerprint density at radius 2 is 0.790 bits per heavy atom. The summed E-state index contributed by atoms with van der Waals surface area (Å²) in [6, 6.07) is 59.0. The van der Waals surface area contributed by atoms with E-state index in [1.54, 1.807) is 140 Å². The number of carbonyl (C=O) groups is 4. The largest absolute Gasteiger partial charge is 0.450 e. The van der Waals surface area contributed by atoms with E-state index in [2.05, 4.69) is 0 Å². The summed E-state index contributed by atoms with van der Waals surface area (Å²) in [6.45, 7) is 1.92. The minimum atomic E-state index is -1.18. The third-order valence-corrected chi connectivity index (χ3v) is 10.8. The molecule has 0 heterocycles. The lowest BCUT2D eigenvalue weighted by Gasteiger charge is -2.44. The second-order valence-corrected chi connectivity index (χ2v) is 14.6. The van der Waals surface area contributed by atoms with Crippen LogP contribution in [-0.2, 0) is 14.9 Å². The van der Waals surface area contributed by atoms with E-state index in [0.717, 1.165) is 16.7 Å². The predicted molar refractivity (Wildman–Crippen MR) is 235 cm³/mol. The van der Waals surface area contributed by atoms with Crippen LogP contribution in [0.5, 0.6) is 11.5 Å². The van der Waals surface area contributed by atoms with Crippen molar-refractivity contribution in [3.63, 3.8) is 0 Å². The molecule has 0 N–H and O–H groups in total. The van der Waals surface area contributed by atoms with Crippen molar-refractivity contribution in [3.8, 4) is 11.5 Å². The first-order valence-corrected chi connectivity index (χ1v) is 20.1. The van der Waals surface area contributed by atoms with Crippen LogP contribution in [0.1, 0.15) is 65.0 Å². The van der Waals surface area contributed by atoms with Gasteiger partial charge in [0.2, 0.25) is 0 Å². The molecule has 0 radical (unpaired) electrons. The Labute approximate surface area is 359 Å². The fourth-order valence-corrected chi connectivity index (χ4v) is 7.79. The van der Waals surface area contributed by atoms with Crippen molar-refractivity contribution in [1.29, 1.82) is 0 Å². The minimum Gasteiger partial charge on any atom is -0.450 e. The second kappa shape index (κ2) is 18.4. The molecule has 2 atom stereocenters. The molecule has 8 heteroatoms. The van der Waals surface area contributed by atoms with Crippen LogP contribution in [0.3, 0.4) is 0 Å². The number of allylic oxidation sites excluding steroid dienone is 2. The van der Waals surface area contributed by atoms with Crippen LogP contribution in [0, 0.1) is 5.92 Å².